The van der Waals surface area contributed by atoms with E-state index < -0.39 is 0 Å². The van der Waals surface area contributed by atoms with Crippen LogP contribution in [0.4, 0.5) is 0 Å². The number of aromatic nitrogens is 4. The second-order valence-electron chi connectivity index (χ2n) is 7.82. The summed E-state index contributed by atoms with van der Waals surface area (Å²) in [6.45, 7) is 6.13. The number of carbonyl (C=O) groups excluding carboxylic acids is 1. The van der Waals surface area contributed by atoms with E-state index in [4.69, 9.17) is 4.74 Å². The van der Waals surface area contributed by atoms with Gasteiger partial charge in [-0.2, -0.15) is 0 Å². The number of hydrogen-bond acceptors (Lipinski definition) is 6. The summed E-state index contributed by atoms with van der Waals surface area (Å²) in [7, 11) is 0. The Morgan fingerprint density at radius 1 is 1.21 bits per heavy atom. The Balaban J connectivity index is 1.45. The van der Waals surface area contributed by atoms with Crippen molar-refractivity contribution >= 4 is 5.91 Å². The van der Waals surface area contributed by atoms with Crippen LogP contribution in [0.25, 0.3) is 5.69 Å². The lowest BCUT2D eigenvalue weighted by molar-refractivity contribution is -0.0361. The average molecular weight is 384 g/mol. The summed E-state index contributed by atoms with van der Waals surface area (Å²) >= 11 is 0. The average Bonchev–Trinajstić information content (AvgIpc) is 3.28. The number of benzene rings is 1. The summed E-state index contributed by atoms with van der Waals surface area (Å²) in [5.41, 5.74) is 2.57. The molecule has 1 aliphatic heterocycles. The minimum Gasteiger partial charge on any atom is -0.379 e. The predicted molar refractivity (Wildman–Crippen MR) is 104 cm³/mol. The predicted octanol–water partition coefficient (Wildman–Crippen LogP) is 1.74. The summed E-state index contributed by atoms with van der Waals surface area (Å²) in [6.07, 6.45) is 7.59. The van der Waals surface area contributed by atoms with Gasteiger partial charge in [-0.15, -0.1) is 5.10 Å². The highest BCUT2D eigenvalue weighted by molar-refractivity contribution is 5.94. The second-order valence-corrected chi connectivity index (χ2v) is 7.82. The lowest BCUT2D eigenvalue weighted by atomic mass is 9.79. The van der Waals surface area contributed by atoms with Crippen LogP contribution < -0.4 is 5.32 Å². The first kappa shape index (κ1) is 19.0. The van der Waals surface area contributed by atoms with Gasteiger partial charge in [-0.05, 0) is 54.0 Å². The topological polar surface area (TPSA) is 85.2 Å². The van der Waals surface area contributed by atoms with Crippen LogP contribution in [0.15, 0.2) is 24.5 Å². The Morgan fingerprint density at radius 2 is 2.00 bits per heavy atom. The molecule has 1 aromatic heterocycles. The number of rotatable bonds is 5. The molecule has 8 nitrogen and oxygen atoms in total. The second kappa shape index (κ2) is 8.36. The van der Waals surface area contributed by atoms with Gasteiger partial charge in [-0.1, -0.05) is 19.3 Å². The SMILES string of the molecule is Cc1cc(C(=O)NCC2(N3CCOCC3)CCCCC2)ccc1-n1cnnn1. The van der Waals surface area contributed by atoms with Crippen molar-refractivity contribution in [3.63, 3.8) is 0 Å². The van der Waals surface area contributed by atoms with Gasteiger partial charge in [-0.3, -0.25) is 9.69 Å². The quantitative estimate of drug-likeness (QED) is 0.845. The lowest BCUT2D eigenvalue weighted by Gasteiger charge is -2.48. The third-order valence-corrected chi connectivity index (χ3v) is 6.10. The number of tetrazole rings is 1. The van der Waals surface area contributed by atoms with E-state index in [1.54, 1.807) is 11.0 Å². The Labute approximate surface area is 165 Å². The van der Waals surface area contributed by atoms with Crippen LogP contribution >= 0.6 is 0 Å². The van der Waals surface area contributed by atoms with Gasteiger partial charge in [0, 0.05) is 30.7 Å². The molecule has 2 heterocycles. The van der Waals surface area contributed by atoms with Crippen LogP contribution in [0.1, 0.15) is 48.0 Å². The van der Waals surface area contributed by atoms with Gasteiger partial charge in [-0.25, -0.2) is 4.68 Å². The van der Waals surface area contributed by atoms with Crippen LogP contribution in [0.2, 0.25) is 0 Å². The molecule has 4 rings (SSSR count). The van der Waals surface area contributed by atoms with E-state index >= 15 is 0 Å². The number of ether oxygens (including phenoxy) is 1. The Kier molecular flexibility index (Phi) is 5.68. The van der Waals surface area contributed by atoms with Crippen LogP contribution in [0, 0.1) is 6.92 Å². The van der Waals surface area contributed by atoms with Crippen molar-refractivity contribution in [1.29, 1.82) is 0 Å². The number of amides is 1. The van der Waals surface area contributed by atoms with Crippen molar-refractivity contribution in [3.8, 4) is 5.69 Å². The molecule has 2 fully saturated rings. The molecule has 0 radical (unpaired) electrons. The molecular weight excluding hydrogens is 356 g/mol. The van der Waals surface area contributed by atoms with Gasteiger partial charge in [0.2, 0.25) is 0 Å². The Hall–Kier alpha value is -2.32. The fourth-order valence-corrected chi connectivity index (χ4v) is 4.52. The summed E-state index contributed by atoms with van der Waals surface area (Å²) in [6, 6.07) is 5.62. The number of hydrogen-bond donors (Lipinski definition) is 1. The normalized spacial score (nSPS) is 20.0. The van der Waals surface area contributed by atoms with E-state index in [9.17, 15) is 4.79 Å². The molecule has 150 valence electrons. The first-order valence-corrected chi connectivity index (χ1v) is 10.1. The monoisotopic (exact) mass is 384 g/mol. The molecule has 1 saturated carbocycles. The van der Waals surface area contributed by atoms with Crippen LogP contribution in [-0.2, 0) is 4.74 Å². The smallest absolute Gasteiger partial charge is 0.251 e. The third kappa shape index (κ3) is 3.93. The minimum absolute atomic E-state index is 0.0235. The molecule has 0 atom stereocenters. The van der Waals surface area contributed by atoms with Gasteiger partial charge in [0.15, 0.2) is 0 Å². The van der Waals surface area contributed by atoms with E-state index in [1.807, 2.05) is 25.1 Å². The highest BCUT2D eigenvalue weighted by atomic mass is 16.5. The molecule has 1 aliphatic carbocycles. The van der Waals surface area contributed by atoms with E-state index in [-0.39, 0.29) is 11.4 Å². The maximum absolute atomic E-state index is 12.9. The zero-order valence-electron chi connectivity index (χ0n) is 16.4. The van der Waals surface area contributed by atoms with E-state index in [0.717, 1.165) is 50.4 Å². The van der Waals surface area contributed by atoms with Gasteiger partial charge in [0.25, 0.3) is 5.91 Å². The molecule has 0 spiro atoms. The molecule has 8 heteroatoms. The highest BCUT2D eigenvalue weighted by Gasteiger charge is 2.38. The molecule has 1 aromatic carbocycles. The maximum Gasteiger partial charge on any atom is 0.251 e. The molecule has 28 heavy (non-hydrogen) atoms. The summed E-state index contributed by atoms with van der Waals surface area (Å²) in [5.74, 6) is -0.0235. The molecule has 0 bridgehead atoms. The molecule has 1 amide bonds. The van der Waals surface area contributed by atoms with Gasteiger partial charge < -0.3 is 10.1 Å². The molecule has 2 aliphatic rings. The third-order valence-electron chi connectivity index (χ3n) is 6.10. The first-order chi connectivity index (χ1) is 13.7. The van der Waals surface area contributed by atoms with Crippen LogP contribution in [0.3, 0.4) is 0 Å². The van der Waals surface area contributed by atoms with Crippen LogP contribution in [0.5, 0.6) is 0 Å². The molecular formula is C20H28N6O2. The van der Waals surface area contributed by atoms with Crippen molar-refractivity contribution < 1.29 is 9.53 Å². The van der Waals surface area contributed by atoms with Crippen LogP contribution in [-0.4, -0.2) is 69.4 Å². The fraction of sp³-hybridized carbons (Fsp3) is 0.600. The van der Waals surface area contributed by atoms with Gasteiger partial charge in [0.05, 0.1) is 18.9 Å². The van der Waals surface area contributed by atoms with Gasteiger partial charge >= 0.3 is 0 Å². The summed E-state index contributed by atoms with van der Waals surface area (Å²) in [5, 5.41) is 14.5. The van der Waals surface area contributed by atoms with Crippen molar-refractivity contribution in [2.24, 2.45) is 0 Å². The number of nitrogens with zero attached hydrogens (tertiary/aromatic N) is 5. The number of carbonyl (C=O) groups is 1. The van der Waals surface area contributed by atoms with Crippen molar-refractivity contribution in [1.82, 2.24) is 30.4 Å². The first-order valence-electron chi connectivity index (χ1n) is 10.1. The zero-order valence-corrected chi connectivity index (χ0v) is 16.4. The zero-order chi connectivity index (χ0) is 19.4. The largest absolute Gasteiger partial charge is 0.379 e. The summed E-state index contributed by atoms with van der Waals surface area (Å²) < 4.78 is 7.14. The maximum atomic E-state index is 12.9. The number of nitrogens with one attached hydrogen (secondary N) is 1. The fourth-order valence-electron chi connectivity index (χ4n) is 4.52. The molecule has 1 saturated heterocycles. The standard InChI is InChI=1S/C20H28N6O2/c1-16-13-17(5-6-18(16)26-15-22-23-24-26)19(27)21-14-20(7-3-2-4-8-20)25-9-11-28-12-10-25/h5-6,13,15H,2-4,7-12,14H2,1H3,(H,21,27). The molecule has 1 N–H and O–H groups in total. The van der Waals surface area contributed by atoms with Crippen molar-refractivity contribution in [3.05, 3.63) is 35.7 Å². The minimum atomic E-state index is -0.0235. The summed E-state index contributed by atoms with van der Waals surface area (Å²) in [4.78, 5) is 15.4. The Morgan fingerprint density at radius 3 is 2.68 bits per heavy atom. The molecule has 2 aromatic rings. The molecule has 0 unspecified atom stereocenters. The van der Waals surface area contributed by atoms with E-state index in [0.29, 0.717) is 12.1 Å². The van der Waals surface area contributed by atoms with Crippen molar-refractivity contribution in [2.45, 2.75) is 44.6 Å². The number of morpholine rings is 1. The van der Waals surface area contributed by atoms with E-state index in [1.165, 1.54) is 19.3 Å². The van der Waals surface area contributed by atoms with Crippen molar-refractivity contribution in [2.75, 3.05) is 32.8 Å². The van der Waals surface area contributed by atoms with Gasteiger partial charge in [0.1, 0.15) is 6.33 Å². The van der Waals surface area contributed by atoms with E-state index in [2.05, 4.69) is 25.7 Å². The highest BCUT2D eigenvalue weighted by Crippen LogP contribution is 2.34. The lowest BCUT2D eigenvalue weighted by Crippen LogP contribution is -2.59. The Bertz CT molecular complexity index is 795. The number of aryl methyl sites for hydroxylation is 1.